The van der Waals surface area contributed by atoms with Crippen molar-refractivity contribution in [1.29, 1.82) is 0 Å². The van der Waals surface area contributed by atoms with E-state index in [1.54, 1.807) is 42.5 Å². The number of hydrogen-bond donors (Lipinski definition) is 1. The van der Waals surface area contributed by atoms with Crippen LogP contribution in [0.4, 0.5) is 10.2 Å². The summed E-state index contributed by atoms with van der Waals surface area (Å²) in [7, 11) is -3.61. The van der Waals surface area contributed by atoms with Gasteiger partial charge in [0.2, 0.25) is 0 Å². The highest BCUT2D eigenvalue weighted by atomic mass is 32.2. The van der Waals surface area contributed by atoms with E-state index in [0.717, 1.165) is 32.9 Å². The molecule has 1 saturated heterocycles. The second-order valence-electron chi connectivity index (χ2n) is 6.76. The minimum absolute atomic E-state index is 0.0309. The fourth-order valence-corrected chi connectivity index (χ4v) is 5.71. The first kappa shape index (κ1) is 19.5. The molecule has 0 saturated carbocycles. The molecule has 1 heterocycles. The Labute approximate surface area is 159 Å². The lowest BCUT2D eigenvalue weighted by atomic mass is 9.90. The summed E-state index contributed by atoms with van der Waals surface area (Å²) < 4.78 is 40.6. The van der Waals surface area contributed by atoms with Gasteiger partial charge in [-0.3, -0.25) is 4.79 Å². The van der Waals surface area contributed by atoms with E-state index in [1.165, 1.54) is 12.1 Å². The number of carbonyl (C=O) groups excluding carboxylic acids is 1. The van der Waals surface area contributed by atoms with Crippen LogP contribution >= 0.6 is 0 Å². The zero-order valence-corrected chi connectivity index (χ0v) is 16.0. The molecule has 0 spiro atoms. The summed E-state index contributed by atoms with van der Waals surface area (Å²) in [5.74, 6) is -0.758. The molecule has 1 fully saturated rings. The van der Waals surface area contributed by atoms with Gasteiger partial charge in [-0.1, -0.05) is 34.8 Å². The standard InChI is InChI=1S/C20H23FN2O3S/c1-15(24)23(21)18-9-7-16(8-10-18)20(17-11-13-22-14-12-17)27(25,26)19-5-3-2-4-6-19/h2-10,17,20,22H,11-14H2,1H3. The number of piperidine rings is 1. The van der Waals surface area contributed by atoms with Crippen LogP contribution in [0.3, 0.4) is 0 Å². The highest BCUT2D eigenvalue weighted by Crippen LogP contribution is 2.39. The van der Waals surface area contributed by atoms with Crippen molar-refractivity contribution in [3.8, 4) is 0 Å². The molecule has 1 amide bonds. The van der Waals surface area contributed by atoms with Gasteiger partial charge < -0.3 is 5.32 Å². The van der Waals surface area contributed by atoms with Gasteiger partial charge in [0.1, 0.15) is 0 Å². The number of hydrogen-bond acceptors (Lipinski definition) is 4. The van der Waals surface area contributed by atoms with E-state index in [2.05, 4.69) is 5.32 Å². The number of amides is 1. The molecule has 0 aromatic heterocycles. The fourth-order valence-electron chi connectivity index (χ4n) is 3.59. The summed E-state index contributed by atoms with van der Waals surface area (Å²) in [5, 5.41) is 2.60. The summed E-state index contributed by atoms with van der Waals surface area (Å²) in [6.07, 6.45) is 1.50. The summed E-state index contributed by atoms with van der Waals surface area (Å²) in [6, 6.07) is 14.5. The lowest BCUT2D eigenvalue weighted by molar-refractivity contribution is -0.119. The molecule has 5 nitrogen and oxygen atoms in total. The van der Waals surface area contributed by atoms with Crippen LogP contribution in [-0.4, -0.2) is 27.4 Å². The summed E-state index contributed by atoms with van der Waals surface area (Å²) in [4.78, 5) is 11.5. The van der Waals surface area contributed by atoms with Gasteiger partial charge in [0.05, 0.1) is 15.8 Å². The van der Waals surface area contributed by atoms with Gasteiger partial charge in [-0.2, -0.15) is 0 Å². The van der Waals surface area contributed by atoms with Crippen LogP contribution in [0.25, 0.3) is 0 Å². The number of nitrogens with zero attached hydrogens (tertiary/aromatic N) is 1. The van der Waals surface area contributed by atoms with E-state index in [0.29, 0.717) is 5.56 Å². The molecule has 0 bridgehead atoms. The summed E-state index contributed by atoms with van der Waals surface area (Å²) in [6.45, 7) is 2.67. The van der Waals surface area contributed by atoms with Gasteiger partial charge in [-0.25, -0.2) is 8.42 Å². The van der Waals surface area contributed by atoms with Crippen molar-refractivity contribution < 1.29 is 17.7 Å². The maximum Gasteiger partial charge on any atom is 0.251 e. The largest absolute Gasteiger partial charge is 0.317 e. The Bertz CT molecular complexity index is 879. The molecule has 1 aliphatic rings. The highest BCUT2D eigenvalue weighted by Gasteiger charge is 2.36. The van der Waals surface area contributed by atoms with Crippen LogP contribution < -0.4 is 10.4 Å². The number of rotatable bonds is 5. The SMILES string of the molecule is CC(=O)N(F)c1ccc(C(C2CCNCC2)S(=O)(=O)c2ccccc2)cc1. The van der Waals surface area contributed by atoms with Crippen molar-refractivity contribution in [2.45, 2.75) is 29.9 Å². The molecule has 7 heteroatoms. The minimum Gasteiger partial charge on any atom is -0.317 e. The smallest absolute Gasteiger partial charge is 0.251 e. The van der Waals surface area contributed by atoms with E-state index in [1.807, 2.05) is 0 Å². The number of carbonyl (C=O) groups is 1. The molecule has 1 N–H and O–H groups in total. The average molecular weight is 390 g/mol. The van der Waals surface area contributed by atoms with E-state index in [4.69, 9.17) is 0 Å². The molecular formula is C20H23FN2O3S. The maximum atomic E-state index is 13.8. The van der Waals surface area contributed by atoms with E-state index < -0.39 is 21.0 Å². The molecule has 0 aliphatic carbocycles. The molecule has 1 atom stereocenters. The van der Waals surface area contributed by atoms with Gasteiger partial charge in [0, 0.05) is 6.92 Å². The normalized spacial score (nSPS) is 16.7. The lowest BCUT2D eigenvalue weighted by Crippen LogP contribution is -2.33. The fraction of sp³-hybridized carbons (Fsp3) is 0.350. The molecule has 0 radical (unpaired) electrons. The summed E-state index contributed by atoms with van der Waals surface area (Å²) >= 11 is 0. The van der Waals surface area contributed by atoms with Crippen LogP contribution in [0.5, 0.6) is 0 Å². The molecule has 1 aliphatic heterocycles. The van der Waals surface area contributed by atoms with Crippen LogP contribution in [0.15, 0.2) is 59.5 Å². The highest BCUT2D eigenvalue weighted by molar-refractivity contribution is 7.91. The van der Waals surface area contributed by atoms with Crippen molar-refractivity contribution in [3.05, 3.63) is 60.2 Å². The second-order valence-corrected chi connectivity index (χ2v) is 8.83. The number of benzene rings is 2. The lowest BCUT2D eigenvalue weighted by Gasteiger charge is -2.31. The van der Waals surface area contributed by atoms with E-state index in [-0.39, 0.29) is 21.6 Å². The number of sulfone groups is 1. The third kappa shape index (κ3) is 4.20. The van der Waals surface area contributed by atoms with Crippen molar-refractivity contribution in [2.75, 3.05) is 18.2 Å². The van der Waals surface area contributed by atoms with Crippen molar-refractivity contribution in [2.24, 2.45) is 5.92 Å². The Morgan fingerprint density at radius 1 is 1.07 bits per heavy atom. The molecule has 27 heavy (non-hydrogen) atoms. The van der Waals surface area contributed by atoms with Crippen LogP contribution in [0, 0.1) is 5.92 Å². The van der Waals surface area contributed by atoms with Crippen LogP contribution in [-0.2, 0) is 14.6 Å². The number of anilines is 1. The second kappa shape index (κ2) is 8.19. The Morgan fingerprint density at radius 3 is 2.22 bits per heavy atom. The zero-order chi connectivity index (χ0) is 19.4. The predicted octanol–water partition coefficient (Wildman–Crippen LogP) is 3.44. The van der Waals surface area contributed by atoms with Crippen molar-refractivity contribution in [3.63, 3.8) is 0 Å². The quantitative estimate of drug-likeness (QED) is 0.795. The first-order valence-electron chi connectivity index (χ1n) is 8.97. The van der Waals surface area contributed by atoms with Crippen LogP contribution in [0.1, 0.15) is 30.6 Å². The Balaban J connectivity index is 2.01. The predicted molar refractivity (Wildman–Crippen MR) is 103 cm³/mol. The van der Waals surface area contributed by atoms with Crippen molar-refractivity contribution in [1.82, 2.24) is 5.32 Å². The Hall–Kier alpha value is -2.25. The van der Waals surface area contributed by atoms with E-state index >= 15 is 0 Å². The molecule has 2 aromatic carbocycles. The zero-order valence-electron chi connectivity index (χ0n) is 15.1. The molecule has 2 aromatic rings. The van der Waals surface area contributed by atoms with Gasteiger partial charge in [-0.05, 0) is 61.7 Å². The number of nitrogens with one attached hydrogen (secondary N) is 1. The van der Waals surface area contributed by atoms with Crippen LogP contribution in [0.2, 0.25) is 0 Å². The first-order chi connectivity index (χ1) is 12.9. The Kier molecular flexibility index (Phi) is 5.92. The monoisotopic (exact) mass is 390 g/mol. The maximum absolute atomic E-state index is 13.8. The molecule has 144 valence electrons. The average Bonchev–Trinajstić information content (AvgIpc) is 2.69. The Morgan fingerprint density at radius 2 is 1.67 bits per heavy atom. The molecule has 1 unspecified atom stereocenters. The minimum atomic E-state index is -3.61. The van der Waals surface area contributed by atoms with Gasteiger partial charge in [0.25, 0.3) is 5.91 Å². The molecule has 3 rings (SSSR count). The summed E-state index contributed by atoms with van der Waals surface area (Å²) in [5.41, 5.74) is 0.707. The van der Waals surface area contributed by atoms with Gasteiger partial charge in [-0.15, -0.1) is 5.12 Å². The van der Waals surface area contributed by atoms with Gasteiger partial charge >= 0.3 is 0 Å². The third-order valence-corrected chi connectivity index (χ3v) is 7.20. The number of halogens is 1. The van der Waals surface area contributed by atoms with E-state index in [9.17, 15) is 17.7 Å². The topological polar surface area (TPSA) is 66.5 Å². The molecular weight excluding hydrogens is 367 g/mol. The van der Waals surface area contributed by atoms with Gasteiger partial charge in [0.15, 0.2) is 9.84 Å². The third-order valence-electron chi connectivity index (χ3n) is 4.94. The first-order valence-corrected chi connectivity index (χ1v) is 10.5. The van der Waals surface area contributed by atoms with Crippen molar-refractivity contribution >= 4 is 21.4 Å².